The number of Topliss-reactive ketones (excluding diaryl/α,β-unsaturated/α-hetero) is 1. The second-order valence-electron chi connectivity index (χ2n) is 7.51. The molecule has 0 heterocycles. The van der Waals surface area contributed by atoms with Crippen molar-refractivity contribution in [2.75, 3.05) is 26.2 Å². The molecule has 1 rings (SSSR count). The standard InChI is InChI=1S/C18H26BrN3O10/c1-9(23)17(19)18(32)20-10-2-3-11(21(5-13(24)25)6-14(26)27)12(4-10)22(7-15(28)29)8-16(30)31/h10-12,17H,2-8H2,1H3,(H,20,32)(H,24,25)(H,26,27)(H,28,29)(H,30,31)/t10?,11-,12-,17?/m1/s1. The first-order chi connectivity index (χ1) is 14.8. The number of hydrogen-bond donors (Lipinski definition) is 5. The summed E-state index contributed by atoms with van der Waals surface area (Å²) in [7, 11) is 0. The van der Waals surface area contributed by atoms with Crippen LogP contribution < -0.4 is 5.32 Å². The number of carbonyl (C=O) groups excluding carboxylic acids is 2. The van der Waals surface area contributed by atoms with Crippen molar-refractivity contribution in [2.45, 2.75) is 49.1 Å². The van der Waals surface area contributed by atoms with Gasteiger partial charge in [0.05, 0.1) is 26.2 Å². The number of nitrogens with one attached hydrogen (secondary N) is 1. The highest BCUT2D eigenvalue weighted by Gasteiger charge is 2.41. The molecule has 1 amide bonds. The van der Waals surface area contributed by atoms with Crippen molar-refractivity contribution in [3.8, 4) is 0 Å². The van der Waals surface area contributed by atoms with Crippen LogP contribution in [0.15, 0.2) is 0 Å². The minimum absolute atomic E-state index is 0.0321. The Labute approximate surface area is 191 Å². The van der Waals surface area contributed by atoms with Gasteiger partial charge in [-0.3, -0.25) is 38.6 Å². The van der Waals surface area contributed by atoms with Crippen LogP contribution >= 0.6 is 15.9 Å². The normalized spacial score (nSPS) is 21.7. The Morgan fingerprint density at radius 3 is 1.59 bits per heavy atom. The van der Waals surface area contributed by atoms with Crippen molar-refractivity contribution in [1.29, 1.82) is 0 Å². The van der Waals surface area contributed by atoms with Crippen molar-refractivity contribution in [3.05, 3.63) is 0 Å². The Morgan fingerprint density at radius 1 is 0.812 bits per heavy atom. The second-order valence-corrected chi connectivity index (χ2v) is 8.43. The van der Waals surface area contributed by atoms with Gasteiger partial charge in [-0.2, -0.15) is 0 Å². The smallest absolute Gasteiger partial charge is 0.317 e. The zero-order valence-corrected chi connectivity index (χ0v) is 18.9. The fraction of sp³-hybridized carbons (Fsp3) is 0.667. The summed E-state index contributed by atoms with van der Waals surface area (Å²) in [6.45, 7) is -1.44. The van der Waals surface area contributed by atoms with E-state index in [-0.39, 0.29) is 19.3 Å². The molecule has 2 unspecified atom stereocenters. The number of halogens is 1. The van der Waals surface area contributed by atoms with E-state index < -0.39 is 84.7 Å². The summed E-state index contributed by atoms with van der Waals surface area (Å²) in [6.07, 6.45) is 0.484. The van der Waals surface area contributed by atoms with Crippen LogP contribution in [0.4, 0.5) is 0 Å². The average molecular weight is 524 g/mol. The van der Waals surface area contributed by atoms with Gasteiger partial charge in [0.2, 0.25) is 5.91 Å². The molecule has 0 bridgehead atoms. The van der Waals surface area contributed by atoms with E-state index in [2.05, 4.69) is 21.2 Å². The van der Waals surface area contributed by atoms with Crippen LogP contribution in [0, 0.1) is 0 Å². The predicted octanol–water partition coefficient (Wildman–Crippen LogP) is -1.31. The van der Waals surface area contributed by atoms with Crippen LogP contribution in [0.2, 0.25) is 0 Å². The quantitative estimate of drug-likeness (QED) is 0.141. The summed E-state index contributed by atoms with van der Waals surface area (Å²) < 4.78 is 0. The van der Waals surface area contributed by atoms with E-state index in [0.29, 0.717) is 0 Å². The van der Waals surface area contributed by atoms with Gasteiger partial charge in [0, 0.05) is 18.1 Å². The highest BCUT2D eigenvalue weighted by Crippen LogP contribution is 2.28. The lowest BCUT2D eigenvalue weighted by atomic mass is 9.84. The Morgan fingerprint density at radius 2 is 1.22 bits per heavy atom. The molecule has 0 saturated heterocycles. The predicted molar refractivity (Wildman–Crippen MR) is 110 cm³/mol. The van der Waals surface area contributed by atoms with Gasteiger partial charge in [0.15, 0.2) is 10.6 Å². The van der Waals surface area contributed by atoms with Gasteiger partial charge < -0.3 is 25.7 Å². The van der Waals surface area contributed by atoms with Crippen molar-refractivity contribution in [2.24, 2.45) is 0 Å². The number of nitrogens with zero attached hydrogens (tertiary/aromatic N) is 2. The van der Waals surface area contributed by atoms with Gasteiger partial charge in [-0.15, -0.1) is 0 Å². The van der Waals surface area contributed by atoms with Gasteiger partial charge in [0.25, 0.3) is 0 Å². The van der Waals surface area contributed by atoms with Gasteiger partial charge in [-0.25, -0.2) is 0 Å². The maximum atomic E-state index is 12.2. The van der Waals surface area contributed by atoms with Gasteiger partial charge in [-0.05, 0) is 26.2 Å². The molecule has 1 saturated carbocycles. The average Bonchev–Trinajstić information content (AvgIpc) is 2.64. The molecule has 1 aliphatic rings. The van der Waals surface area contributed by atoms with Crippen LogP contribution in [-0.4, -0.2) is 115 Å². The summed E-state index contributed by atoms with van der Waals surface area (Å²) in [6, 6.07) is -2.24. The fourth-order valence-corrected chi connectivity index (χ4v) is 3.95. The van der Waals surface area contributed by atoms with Crippen LogP contribution in [0.3, 0.4) is 0 Å². The van der Waals surface area contributed by atoms with Crippen molar-refractivity contribution < 1.29 is 49.2 Å². The first kappa shape index (κ1) is 27.5. The zero-order valence-electron chi connectivity index (χ0n) is 17.3. The van der Waals surface area contributed by atoms with E-state index in [4.69, 9.17) is 0 Å². The van der Waals surface area contributed by atoms with Gasteiger partial charge >= 0.3 is 23.9 Å². The SMILES string of the molecule is CC(=O)C(Br)C(=O)NC1CC[C@@H](N(CC(=O)O)CC(=O)O)[C@H](N(CC(=O)O)CC(=O)O)C1. The molecule has 0 spiro atoms. The molecular weight excluding hydrogens is 498 g/mol. The number of amides is 1. The zero-order chi connectivity index (χ0) is 24.6. The van der Waals surface area contributed by atoms with E-state index in [0.717, 1.165) is 9.80 Å². The summed E-state index contributed by atoms with van der Waals surface area (Å²) in [5, 5.41) is 39.5. The summed E-state index contributed by atoms with van der Waals surface area (Å²) in [4.78, 5) is 70.1. The lowest BCUT2D eigenvalue weighted by Gasteiger charge is -2.45. The van der Waals surface area contributed by atoms with E-state index in [1.54, 1.807) is 0 Å². The van der Waals surface area contributed by atoms with Crippen LogP contribution in [0.25, 0.3) is 0 Å². The first-order valence-electron chi connectivity index (χ1n) is 9.62. The number of ketones is 1. The molecule has 32 heavy (non-hydrogen) atoms. The first-order valence-corrected chi connectivity index (χ1v) is 10.5. The van der Waals surface area contributed by atoms with E-state index in [1.165, 1.54) is 6.92 Å². The molecule has 0 aromatic rings. The largest absolute Gasteiger partial charge is 0.480 e. The maximum absolute atomic E-state index is 12.2. The van der Waals surface area contributed by atoms with E-state index in [1.807, 2.05) is 0 Å². The summed E-state index contributed by atoms with van der Waals surface area (Å²) in [5.74, 6) is -6.29. The molecular formula is C18H26BrN3O10. The molecule has 180 valence electrons. The van der Waals surface area contributed by atoms with Crippen molar-refractivity contribution >= 4 is 51.5 Å². The Kier molecular flexibility index (Phi) is 10.7. The third kappa shape index (κ3) is 8.88. The highest BCUT2D eigenvalue weighted by molar-refractivity contribution is 9.10. The maximum Gasteiger partial charge on any atom is 0.317 e. The topological polar surface area (TPSA) is 202 Å². The van der Waals surface area contributed by atoms with Crippen LogP contribution in [-0.2, 0) is 28.8 Å². The molecule has 13 nitrogen and oxygen atoms in total. The van der Waals surface area contributed by atoms with Gasteiger partial charge in [0.1, 0.15) is 0 Å². The molecule has 0 aliphatic heterocycles. The van der Waals surface area contributed by atoms with E-state index >= 15 is 0 Å². The molecule has 0 radical (unpaired) electrons. The number of alkyl halides is 1. The summed E-state index contributed by atoms with van der Waals surface area (Å²) in [5.41, 5.74) is 0. The molecule has 0 aromatic heterocycles. The summed E-state index contributed by atoms with van der Waals surface area (Å²) >= 11 is 2.97. The number of aliphatic carboxylic acids is 4. The third-order valence-corrected chi connectivity index (χ3v) is 6.07. The number of hydrogen-bond acceptors (Lipinski definition) is 8. The van der Waals surface area contributed by atoms with Crippen LogP contribution in [0.5, 0.6) is 0 Å². The molecule has 1 fully saturated rings. The Hall–Kier alpha value is -2.58. The minimum atomic E-state index is -1.32. The monoisotopic (exact) mass is 523 g/mol. The Bertz CT molecular complexity index is 729. The highest BCUT2D eigenvalue weighted by atomic mass is 79.9. The fourth-order valence-electron chi connectivity index (χ4n) is 3.81. The van der Waals surface area contributed by atoms with Crippen molar-refractivity contribution in [3.63, 3.8) is 0 Å². The number of carboxylic acids is 4. The lowest BCUT2D eigenvalue weighted by molar-refractivity contribution is -0.149. The van der Waals surface area contributed by atoms with Crippen LogP contribution in [0.1, 0.15) is 26.2 Å². The van der Waals surface area contributed by atoms with E-state index in [9.17, 15) is 49.2 Å². The lowest BCUT2D eigenvalue weighted by Crippen LogP contribution is -2.61. The molecule has 4 atom stereocenters. The second kappa shape index (κ2) is 12.5. The number of rotatable bonds is 13. The third-order valence-electron chi connectivity index (χ3n) is 5.01. The van der Waals surface area contributed by atoms with Crippen molar-refractivity contribution in [1.82, 2.24) is 15.1 Å². The number of carboxylic acid groups (broad SMARTS) is 4. The molecule has 5 N–H and O–H groups in total. The molecule has 14 heteroatoms. The minimum Gasteiger partial charge on any atom is -0.480 e. The number of carbonyl (C=O) groups is 6. The van der Waals surface area contributed by atoms with Gasteiger partial charge in [-0.1, -0.05) is 15.9 Å². The Balaban J connectivity index is 3.24. The molecule has 0 aromatic carbocycles. The molecule has 1 aliphatic carbocycles.